The topological polar surface area (TPSA) is 83.6 Å². The molecule has 7 heteroatoms. The highest BCUT2D eigenvalue weighted by atomic mass is 32.2. The molecule has 0 spiro atoms. The van der Waals surface area contributed by atoms with Crippen LogP contribution in [-0.2, 0) is 11.3 Å². The number of rotatable bonds is 6. The van der Waals surface area contributed by atoms with Gasteiger partial charge in [-0.15, -0.1) is 10.2 Å². The van der Waals surface area contributed by atoms with Crippen LogP contribution in [0.1, 0.15) is 70.5 Å². The van der Waals surface area contributed by atoms with Crippen molar-refractivity contribution >= 4 is 17.7 Å². The summed E-state index contributed by atoms with van der Waals surface area (Å²) < 4.78 is 2.12. The average molecular weight is 347 g/mol. The van der Waals surface area contributed by atoms with Crippen LogP contribution in [0.5, 0.6) is 0 Å². The van der Waals surface area contributed by atoms with Gasteiger partial charge in [0.1, 0.15) is 11.4 Å². The Kier molecular flexibility index (Phi) is 5.14. The van der Waals surface area contributed by atoms with Crippen molar-refractivity contribution < 1.29 is 4.79 Å². The molecule has 2 saturated carbocycles. The molecule has 1 aromatic rings. The predicted molar refractivity (Wildman–Crippen MR) is 92.6 cm³/mol. The smallest absolute Gasteiger partial charge is 0.234 e. The lowest BCUT2D eigenvalue weighted by Crippen LogP contribution is -2.51. The number of amides is 1. The van der Waals surface area contributed by atoms with E-state index in [2.05, 4.69) is 33.1 Å². The van der Waals surface area contributed by atoms with E-state index in [9.17, 15) is 10.1 Å². The molecule has 0 bridgehead atoms. The Bertz CT molecular complexity index is 640. The highest BCUT2D eigenvalue weighted by Crippen LogP contribution is 2.40. The number of carbonyl (C=O) groups is 1. The molecule has 2 fully saturated rings. The van der Waals surface area contributed by atoms with Gasteiger partial charge in [-0.2, -0.15) is 5.26 Å². The summed E-state index contributed by atoms with van der Waals surface area (Å²) in [6.45, 7) is 4.77. The summed E-state index contributed by atoms with van der Waals surface area (Å²) in [4.78, 5) is 12.6. The second-order valence-corrected chi connectivity index (χ2v) is 8.17. The Balaban J connectivity index is 1.65. The standard InChI is InChI=1S/C17H25N5OS/c1-3-22-14(13-7-8-13)20-21-16(22)24-12(2)15(23)19-17(11-18)9-5-4-6-10-17/h12-13H,3-10H2,1-2H3,(H,19,23)/t12-/m0/s1. The minimum Gasteiger partial charge on any atom is -0.337 e. The molecular formula is C17H25N5OS. The summed E-state index contributed by atoms with van der Waals surface area (Å²) in [6.07, 6.45) is 7.03. The molecule has 24 heavy (non-hydrogen) atoms. The van der Waals surface area contributed by atoms with Gasteiger partial charge in [0.05, 0.1) is 11.3 Å². The molecule has 0 aromatic carbocycles. The van der Waals surface area contributed by atoms with Crippen molar-refractivity contribution in [1.29, 1.82) is 5.26 Å². The second kappa shape index (κ2) is 7.14. The van der Waals surface area contributed by atoms with Gasteiger partial charge in [0.25, 0.3) is 0 Å². The normalized spacial score (nSPS) is 21.0. The van der Waals surface area contributed by atoms with Gasteiger partial charge in [-0.1, -0.05) is 31.0 Å². The average Bonchev–Trinajstić information content (AvgIpc) is 3.36. The molecule has 2 aliphatic rings. The van der Waals surface area contributed by atoms with E-state index < -0.39 is 5.54 Å². The Labute approximate surface area is 147 Å². The molecule has 1 aromatic heterocycles. The molecule has 1 amide bonds. The fourth-order valence-corrected chi connectivity index (χ4v) is 4.22. The molecule has 3 rings (SSSR count). The molecule has 0 radical (unpaired) electrons. The van der Waals surface area contributed by atoms with Crippen molar-refractivity contribution in [3.8, 4) is 6.07 Å². The summed E-state index contributed by atoms with van der Waals surface area (Å²) in [6, 6.07) is 2.34. The Morgan fingerprint density at radius 2 is 2.12 bits per heavy atom. The van der Waals surface area contributed by atoms with Crippen molar-refractivity contribution in [2.75, 3.05) is 0 Å². The maximum absolute atomic E-state index is 12.6. The van der Waals surface area contributed by atoms with Crippen LogP contribution in [0.2, 0.25) is 0 Å². The highest BCUT2D eigenvalue weighted by Gasteiger charge is 2.35. The van der Waals surface area contributed by atoms with Crippen LogP contribution in [-0.4, -0.2) is 31.5 Å². The maximum atomic E-state index is 12.6. The number of aromatic nitrogens is 3. The van der Waals surface area contributed by atoms with E-state index in [4.69, 9.17) is 0 Å². The molecule has 130 valence electrons. The van der Waals surface area contributed by atoms with E-state index in [1.54, 1.807) is 0 Å². The highest BCUT2D eigenvalue weighted by molar-refractivity contribution is 8.00. The van der Waals surface area contributed by atoms with Crippen molar-refractivity contribution in [1.82, 2.24) is 20.1 Å². The summed E-state index contributed by atoms with van der Waals surface area (Å²) in [7, 11) is 0. The molecule has 1 N–H and O–H groups in total. The molecule has 1 heterocycles. The number of nitrogens with one attached hydrogen (secondary N) is 1. The lowest BCUT2D eigenvalue weighted by molar-refractivity contribution is -0.121. The second-order valence-electron chi connectivity index (χ2n) is 6.86. The number of hydrogen-bond donors (Lipinski definition) is 1. The summed E-state index contributed by atoms with van der Waals surface area (Å²) in [5.41, 5.74) is -0.679. The number of nitrogens with zero attached hydrogens (tertiary/aromatic N) is 4. The monoisotopic (exact) mass is 347 g/mol. The quantitative estimate of drug-likeness (QED) is 0.800. The van der Waals surface area contributed by atoms with E-state index in [1.165, 1.54) is 24.6 Å². The van der Waals surface area contributed by atoms with E-state index in [0.717, 1.165) is 49.6 Å². The number of hydrogen-bond acceptors (Lipinski definition) is 5. The minimum atomic E-state index is -0.679. The van der Waals surface area contributed by atoms with E-state index >= 15 is 0 Å². The third-order valence-electron chi connectivity index (χ3n) is 4.94. The van der Waals surface area contributed by atoms with Gasteiger partial charge in [0, 0.05) is 12.5 Å². The van der Waals surface area contributed by atoms with Gasteiger partial charge in [0.15, 0.2) is 5.16 Å². The van der Waals surface area contributed by atoms with Crippen LogP contribution in [0.25, 0.3) is 0 Å². The van der Waals surface area contributed by atoms with Crippen molar-refractivity contribution in [3.63, 3.8) is 0 Å². The first-order valence-electron chi connectivity index (χ1n) is 8.91. The summed E-state index contributed by atoms with van der Waals surface area (Å²) in [5.74, 6) is 1.51. The van der Waals surface area contributed by atoms with Gasteiger partial charge < -0.3 is 9.88 Å². The molecular weight excluding hydrogens is 322 g/mol. The lowest BCUT2D eigenvalue weighted by Gasteiger charge is -2.32. The minimum absolute atomic E-state index is 0.0814. The molecule has 6 nitrogen and oxygen atoms in total. The third-order valence-corrected chi connectivity index (χ3v) is 6.02. The van der Waals surface area contributed by atoms with Crippen LogP contribution >= 0.6 is 11.8 Å². The fourth-order valence-electron chi connectivity index (χ4n) is 3.30. The first kappa shape index (κ1) is 17.3. The predicted octanol–water partition coefficient (Wildman–Crippen LogP) is 3.00. The largest absolute Gasteiger partial charge is 0.337 e. The number of nitriles is 1. The van der Waals surface area contributed by atoms with E-state index in [0.29, 0.717) is 5.92 Å². The van der Waals surface area contributed by atoms with Crippen LogP contribution in [0.3, 0.4) is 0 Å². The first-order chi connectivity index (χ1) is 11.6. The summed E-state index contributed by atoms with van der Waals surface area (Å²) >= 11 is 1.43. The zero-order valence-corrected chi connectivity index (χ0v) is 15.2. The van der Waals surface area contributed by atoms with Gasteiger partial charge in [-0.25, -0.2) is 0 Å². The Morgan fingerprint density at radius 3 is 2.71 bits per heavy atom. The molecule has 0 saturated heterocycles. The lowest BCUT2D eigenvalue weighted by atomic mass is 9.83. The molecule has 0 aliphatic heterocycles. The third kappa shape index (κ3) is 3.59. The SMILES string of the molecule is CCn1c(S[C@@H](C)C(=O)NC2(C#N)CCCCC2)nnc1C1CC1. The first-order valence-corrected chi connectivity index (χ1v) is 9.79. The number of thioether (sulfide) groups is 1. The van der Waals surface area contributed by atoms with Crippen molar-refractivity contribution in [2.24, 2.45) is 0 Å². The van der Waals surface area contributed by atoms with Crippen LogP contribution in [0.15, 0.2) is 5.16 Å². The van der Waals surface area contributed by atoms with E-state index in [-0.39, 0.29) is 11.2 Å². The van der Waals surface area contributed by atoms with Crippen LogP contribution < -0.4 is 5.32 Å². The Hall–Kier alpha value is -1.55. The number of carbonyl (C=O) groups excluding carboxylic acids is 1. The van der Waals surface area contributed by atoms with Gasteiger partial charge in [0.2, 0.25) is 5.91 Å². The molecule has 1 atom stereocenters. The zero-order valence-electron chi connectivity index (χ0n) is 14.4. The van der Waals surface area contributed by atoms with Crippen molar-refractivity contribution in [2.45, 2.75) is 87.2 Å². The van der Waals surface area contributed by atoms with Gasteiger partial charge in [-0.05, 0) is 39.5 Å². The van der Waals surface area contributed by atoms with E-state index in [1.807, 2.05) is 6.92 Å². The fraction of sp³-hybridized carbons (Fsp3) is 0.765. The van der Waals surface area contributed by atoms with Gasteiger partial charge >= 0.3 is 0 Å². The molecule has 2 aliphatic carbocycles. The summed E-state index contributed by atoms with van der Waals surface area (Å²) in [5, 5.41) is 21.6. The van der Waals surface area contributed by atoms with Crippen molar-refractivity contribution in [3.05, 3.63) is 5.82 Å². The van der Waals surface area contributed by atoms with Crippen LogP contribution in [0.4, 0.5) is 0 Å². The Morgan fingerprint density at radius 1 is 1.42 bits per heavy atom. The molecule has 0 unspecified atom stereocenters. The maximum Gasteiger partial charge on any atom is 0.234 e. The van der Waals surface area contributed by atoms with Crippen LogP contribution in [0, 0.1) is 11.3 Å². The van der Waals surface area contributed by atoms with Gasteiger partial charge in [-0.3, -0.25) is 4.79 Å². The zero-order chi connectivity index (χ0) is 17.2.